The third kappa shape index (κ3) is 14.0. The van der Waals surface area contributed by atoms with Gasteiger partial charge in [0.05, 0.1) is 25.6 Å². The normalized spacial score (nSPS) is 16.8. The Hall–Kier alpha value is -1.11. The Morgan fingerprint density at radius 1 is 0.838 bits per heavy atom. The number of thioether (sulfide) groups is 1. The second-order valence-corrected chi connectivity index (χ2v) is 11.3. The summed E-state index contributed by atoms with van der Waals surface area (Å²) in [6, 6.07) is 5.79. The van der Waals surface area contributed by atoms with E-state index in [-0.39, 0.29) is 29.7 Å². The topological polar surface area (TPSA) is 59.6 Å². The molecule has 2 rings (SSSR count). The van der Waals surface area contributed by atoms with Crippen LogP contribution < -0.4 is 20.1 Å². The van der Waals surface area contributed by atoms with Crippen molar-refractivity contribution in [2.45, 2.75) is 121 Å². The van der Waals surface area contributed by atoms with Crippen molar-refractivity contribution in [3.63, 3.8) is 0 Å². The summed E-state index contributed by atoms with van der Waals surface area (Å²) in [5.74, 6) is 2.33. The van der Waals surface area contributed by atoms with Crippen LogP contribution >= 0.6 is 24.2 Å². The molecule has 0 aromatic heterocycles. The van der Waals surface area contributed by atoms with Gasteiger partial charge in [0.25, 0.3) is 0 Å². The largest absolute Gasteiger partial charge is 0.493 e. The monoisotopic (exact) mass is 556 g/mol. The van der Waals surface area contributed by atoms with Crippen molar-refractivity contribution in [2.24, 2.45) is 0 Å². The summed E-state index contributed by atoms with van der Waals surface area (Å²) < 4.78 is 10.7. The molecule has 0 spiro atoms. The molecule has 1 aliphatic rings. The maximum absolute atomic E-state index is 12.6. The number of amides is 1. The highest BCUT2D eigenvalue weighted by molar-refractivity contribution is 7.99. The molecule has 1 aliphatic heterocycles. The molecule has 2 N–H and O–H groups in total. The van der Waals surface area contributed by atoms with Crippen LogP contribution in [0.15, 0.2) is 18.2 Å². The number of carbonyl (C=O) groups is 1. The van der Waals surface area contributed by atoms with E-state index in [0.717, 1.165) is 30.0 Å². The summed E-state index contributed by atoms with van der Waals surface area (Å²) in [5, 5.41) is 6.68. The van der Waals surface area contributed by atoms with Gasteiger partial charge in [0, 0.05) is 12.3 Å². The lowest BCUT2D eigenvalue weighted by atomic mass is 10.0. The number of methoxy groups -OCH3 is 2. The number of nitrogens with one attached hydrogen (secondary N) is 2. The van der Waals surface area contributed by atoms with E-state index in [1.807, 2.05) is 18.2 Å². The Morgan fingerprint density at radius 2 is 1.35 bits per heavy atom. The van der Waals surface area contributed by atoms with Crippen molar-refractivity contribution >= 4 is 30.1 Å². The quantitative estimate of drug-likeness (QED) is 0.149. The summed E-state index contributed by atoms with van der Waals surface area (Å²) in [6.07, 6.45) is 21.8. The minimum Gasteiger partial charge on any atom is -0.493 e. The van der Waals surface area contributed by atoms with Gasteiger partial charge in [-0.25, -0.2) is 0 Å². The molecule has 7 heteroatoms. The fourth-order valence-electron chi connectivity index (χ4n) is 4.84. The molecule has 1 unspecified atom stereocenters. The predicted octanol–water partition coefficient (Wildman–Crippen LogP) is 8.21. The Labute approximate surface area is 237 Å². The van der Waals surface area contributed by atoms with Gasteiger partial charge in [0.15, 0.2) is 11.5 Å². The van der Waals surface area contributed by atoms with E-state index < -0.39 is 0 Å². The van der Waals surface area contributed by atoms with Crippen LogP contribution in [0.5, 0.6) is 11.5 Å². The van der Waals surface area contributed by atoms with Gasteiger partial charge >= 0.3 is 0 Å². The van der Waals surface area contributed by atoms with Crippen molar-refractivity contribution in [3.05, 3.63) is 23.8 Å². The maximum atomic E-state index is 12.6. The number of hydrogen-bond acceptors (Lipinski definition) is 5. The van der Waals surface area contributed by atoms with Crippen molar-refractivity contribution < 1.29 is 14.3 Å². The standard InChI is InChI=1S/C30H52N2O3S.ClH/c1-4-5-6-7-8-9-10-11-12-13-14-15-16-17-18-19-22-31-29(33)26-24-36-30(32-26)25-20-21-27(34-2)28(23-25)35-3;/h20-21,23,26,30,32H,4-19,22,24H2,1-3H3,(H,31,33);1H/t26-,30?;/m1./s1. The zero-order valence-corrected chi connectivity index (χ0v) is 25.3. The number of ether oxygens (including phenoxy) is 2. The number of halogens is 1. The highest BCUT2D eigenvalue weighted by Gasteiger charge is 2.30. The number of unbranched alkanes of at least 4 members (excludes halogenated alkanes) is 15. The van der Waals surface area contributed by atoms with Crippen LogP contribution in [-0.2, 0) is 4.79 Å². The van der Waals surface area contributed by atoms with Gasteiger partial charge in [-0.15, -0.1) is 24.2 Å². The number of rotatable bonds is 21. The fraction of sp³-hybridized carbons (Fsp3) is 0.767. The van der Waals surface area contributed by atoms with E-state index in [0.29, 0.717) is 5.75 Å². The van der Waals surface area contributed by atoms with Gasteiger partial charge in [-0.1, -0.05) is 109 Å². The van der Waals surface area contributed by atoms with Crippen LogP contribution in [0.4, 0.5) is 0 Å². The Kier molecular flexibility index (Phi) is 20.0. The molecule has 0 aliphatic carbocycles. The first kappa shape index (κ1) is 33.9. The Bertz CT molecular complexity index is 722. The van der Waals surface area contributed by atoms with E-state index in [1.54, 1.807) is 26.0 Å². The van der Waals surface area contributed by atoms with E-state index in [9.17, 15) is 4.79 Å². The van der Waals surface area contributed by atoms with Crippen molar-refractivity contribution in [2.75, 3.05) is 26.5 Å². The molecule has 1 saturated heterocycles. The smallest absolute Gasteiger partial charge is 0.238 e. The first-order valence-corrected chi connectivity index (χ1v) is 15.6. The molecular weight excluding hydrogens is 504 g/mol. The zero-order chi connectivity index (χ0) is 25.8. The molecule has 2 atom stereocenters. The Balaban J connectivity index is 0.00000684. The van der Waals surface area contributed by atoms with E-state index in [1.165, 1.54) is 96.3 Å². The molecule has 1 aromatic rings. The first-order valence-electron chi connectivity index (χ1n) is 14.6. The zero-order valence-electron chi connectivity index (χ0n) is 23.7. The molecular formula is C30H53ClN2O3S. The van der Waals surface area contributed by atoms with Crippen LogP contribution in [0.2, 0.25) is 0 Å². The van der Waals surface area contributed by atoms with Crippen LogP contribution in [0.1, 0.15) is 121 Å². The SMILES string of the molecule is CCCCCCCCCCCCCCCCCCNC(=O)[C@H]1CSC(c2ccc(OC)c(OC)c2)N1.Cl. The molecule has 5 nitrogen and oxygen atoms in total. The summed E-state index contributed by atoms with van der Waals surface area (Å²) in [5.41, 5.74) is 1.10. The van der Waals surface area contributed by atoms with Gasteiger partial charge < -0.3 is 14.8 Å². The first-order chi connectivity index (χ1) is 17.7. The number of benzene rings is 1. The molecule has 1 aromatic carbocycles. The summed E-state index contributed by atoms with van der Waals surface area (Å²) >= 11 is 1.76. The van der Waals surface area contributed by atoms with Crippen LogP contribution in [0, 0.1) is 0 Å². The predicted molar refractivity (Wildman–Crippen MR) is 161 cm³/mol. The average molecular weight is 557 g/mol. The van der Waals surface area contributed by atoms with E-state index >= 15 is 0 Å². The van der Waals surface area contributed by atoms with Gasteiger partial charge in [0.2, 0.25) is 5.91 Å². The third-order valence-electron chi connectivity index (χ3n) is 7.14. The van der Waals surface area contributed by atoms with Crippen molar-refractivity contribution in [3.8, 4) is 11.5 Å². The van der Waals surface area contributed by atoms with Gasteiger partial charge in [-0.2, -0.15) is 0 Å². The van der Waals surface area contributed by atoms with Crippen LogP contribution in [0.25, 0.3) is 0 Å². The van der Waals surface area contributed by atoms with Crippen molar-refractivity contribution in [1.29, 1.82) is 0 Å². The van der Waals surface area contributed by atoms with E-state index in [2.05, 4.69) is 17.6 Å². The fourth-order valence-corrected chi connectivity index (χ4v) is 6.07. The minimum atomic E-state index is -0.144. The highest BCUT2D eigenvalue weighted by atomic mass is 35.5. The second kappa shape index (κ2) is 21.8. The molecule has 0 bridgehead atoms. The van der Waals surface area contributed by atoms with E-state index in [4.69, 9.17) is 9.47 Å². The Morgan fingerprint density at radius 3 is 1.86 bits per heavy atom. The van der Waals surface area contributed by atoms with Crippen LogP contribution in [0.3, 0.4) is 0 Å². The number of carbonyl (C=O) groups excluding carboxylic acids is 1. The molecule has 37 heavy (non-hydrogen) atoms. The molecule has 0 radical (unpaired) electrons. The van der Waals surface area contributed by atoms with Crippen LogP contribution in [-0.4, -0.2) is 38.5 Å². The highest BCUT2D eigenvalue weighted by Crippen LogP contribution is 2.37. The molecule has 1 heterocycles. The lowest BCUT2D eigenvalue weighted by molar-refractivity contribution is -0.122. The lowest BCUT2D eigenvalue weighted by Gasteiger charge is -2.15. The third-order valence-corrected chi connectivity index (χ3v) is 8.41. The average Bonchev–Trinajstić information content (AvgIpc) is 3.40. The summed E-state index contributed by atoms with van der Waals surface area (Å²) in [7, 11) is 3.28. The molecule has 1 amide bonds. The van der Waals surface area contributed by atoms with Gasteiger partial charge in [-0.3, -0.25) is 10.1 Å². The van der Waals surface area contributed by atoms with Gasteiger partial charge in [0.1, 0.15) is 0 Å². The molecule has 214 valence electrons. The lowest BCUT2D eigenvalue weighted by Crippen LogP contribution is -2.42. The van der Waals surface area contributed by atoms with Crippen molar-refractivity contribution in [1.82, 2.24) is 10.6 Å². The number of hydrogen-bond donors (Lipinski definition) is 2. The summed E-state index contributed by atoms with van der Waals surface area (Å²) in [4.78, 5) is 12.6. The second-order valence-electron chi connectivity index (χ2n) is 10.1. The maximum Gasteiger partial charge on any atom is 0.238 e. The molecule has 1 fully saturated rings. The summed E-state index contributed by atoms with van der Waals surface area (Å²) in [6.45, 7) is 3.06. The molecule has 0 saturated carbocycles. The minimum absolute atomic E-state index is 0. The van der Waals surface area contributed by atoms with Gasteiger partial charge in [-0.05, 0) is 24.1 Å².